The number of aryl methyl sites for hydroxylation is 1. The molecule has 10 nitrogen and oxygen atoms in total. The Hall–Kier alpha value is -6.17. The molecule has 0 unspecified atom stereocenters. The fourth-order valence-corrected chi connectivity index (χ4v) is 9.03. The van der Waals surface area contributed by atoms with Gasteiger partial charge in [-0.05, 0) is 77.8 Å². The minimum atomic E-state index is -2.00. The smallest absolute Gasteiger partial charge is 0.343 e. The molecule has 0 bridgehead atoms. The first-order valence-corrected chi connectivity index (χ1v) is 19.1. The first-order chi connectivity index (χ1) is 27.6. The standard InChI is InChI=1S/C46H40FN3O7/c1-4-45(54)34-21-38-42-32(23-50(38)43(52)33(34)24-56-44(45)53)41-36(20-19-31-26(2)35(47)22-37(49-42)40(31)41)48-39(51)25-57-46(27-11-7-5-8-12-27,28-13-9-6-10-14-28)29-15-17-30(55-3)18-16-29/h5-18,21-22,36,54H,4,19-20,23-25H2,1-3H3,(H,48,51)/t36-,45-/m0/s1. The van der Waals surface area contributed by atoms with E-state index in [-0.39, 0.29) is 43.2 Å². The molecule has 288 valence electrons. The number of esters is 1. The summed E-state index contributed by atoms with van der Waals surface area (Å²) < 4.78 is 34.6. The van der Waals surface area contributed by atoms with Crippen LogP contribution in [0, 0.1) is 12.7 Å². The molecule has 2 aliphatic heterocycles. The lowest BCUT2D eigenvalue weighted by atomic mass is 9.80. The highest BCUT2D eigenvalue weighted by atomic mass is 19.1. The number of cyclic esters (lactones) is 1. The molecule has 4 aromatic carbocycles. The third-order valence-electron chi connectivity index (χ3n) is 12.0. The number of nitrogens with zero attached hydrogens (tertiary/aromatic N) is 2. The van der Waals surface area contributed by atoms with E-state index >= 15 is 4.39 Å². The molecule has 2 aromatic heterocycles. The summed E-state index contributed by atoms with van der Waals surface area (Å²) in [6.45, 7) is 2.96. The summed E-state index contributed by atoms with van der Waals surface area (Å²) in [6.07, 6.45) is 0.964. The highest BCUT2D eigenvalue weighted by Crippen LogP contribution is 2.46. The minimum absolute atomic E-state index is 0.00328. The first-order valence-electron chi connectivity index (χ1n) is 19.1. The maximum absolute atomic E-state index is 15.5. The quantitative estimate of drug-likeness (QED) is 0.124. The zero-order valence-corrected chi connectivity index (χ0v) is 31.7. The van der Waals surface area contributed by atoms with E-state index in [2.05, 4.69) is 5.32 Å². The highest BCUT2D eigenvalue weighted by Gasteiger charge is 2.46. The number of hydrogen-bond donors (Lipinski definition) is 2. The van der Waals surface area contributed by atoms with E-state index in [1.54, 1.807) is 31.6 Å². The molecule has 11 heteroatoms. The number of carbonyl (C=O) groups is 2. The van der Waals surface area contributed by atoms with Crippen LogP contribution in [0.4, 0.5) is 4.39 Å². The van der Waals surface area contributed by atoms with Gasteiger partial charge in [-0.1, -0.05) is 79.7 Å². The number of rotatable bonds is 9. The number of amides is 1. The maximum Gasteiger partial charge on any atom is 0.343 e. The third-order valence-corrected chi connectivity index (χ3v) is 12.0. The lowest BCUT2D eigenvalue weighted by molar-refractivity contribution is -0.172. The lowest BCUT2D eigenvalue weighted by Crippen LogP contribution is -2.44. The van der Waals surface area contributed by atoms with Gasteiger partial charge in [0.25, 0.3) is 5.56 Å². The molecule has 2 atom stereocenters. The van der Waals surface area contributed by atoms with E-state index in [0.717, 1.165) is 33.2 Å². The van der Waals surface area contributed by atoms with Crippen LogP contribution in [0.1, 0.15) is 75.9 Å². The summed E-state index contributed by atoms with van der Waals surface area (Å²) in [5.41, 5.74) is 3.34. The van der Waals surface area contributed by atoms with Gasteiger partial charge in [0.05, 0.1) is 42.2 Å². The average Bonchev–Trinajstić information content (AvgIpc) is 3.61. The molecule has 0 fully saturated rings. The Kier molecular flexibility index (Phi) is 8.82. The second kappa shape index (κ2) is 13.8. The van der Waals surface area contributed by atoms with Crippen molar-refractivity contribution in [1.29, 1.82) is 0 Å². The van der Waals surface area contributed by atoms with Crippen LogP contribution in [-0.2, 0) is 49.8 Å². The normalized spacial score (nSPS) is 18.1. The molecule has 57 heavy (non-hydrogen) atoms. The fraction of sp³-hybridized carbons (Fsp3) is 0.261. The number of hydrogen-bond acceptors (Lipinski definition) is 8. The van der Waals surface area contributed by atoms with Gasteiger partial charge in [-0.3, -0.25) is 9.59 Å². The molecular weight excluding hydrogens is 726 g/mol. The SMILES string of the molecule is CC[C@@]1(O)C(=O)OCc2c1cc1n(c2=O)Cc2c-1nc1cc(F)c(C)c3c1c2[C@@H](NC(=O)COC(c1ccccc1)(c1ccccc1)c1ccc(OC)cc1)CC3. The van der Waals surface area contributed by atoms with Gasteiger partial charge in [0, 0.05) is 22.6 Å². The Morgan fingerprint density at radius 3 is 2.30 bits per heavy atom. The molecule has 0 radical (unpaired) electrons. The number of benzene rings is 4. The highest BCUT2D eigenvalue weighted by molar-refractivity contribution is 5.94. The Morgan fingerprint density at radius 1 is 0.982 bits per heavy atom. The van der Waals surface area contributed by atoms with Gasteiger partial charge in [-0.15, -0.1) is 0 Å². The van der Waals surface area contributed by atoms with Crippen LogP contribution in [0.5, 0.6) is 5.75 Å². The summed E-state index contributed by atoms with van der Waals surface area (Å²) in [6, 6.07) is 29.6. The number of halogens is 1. The first kappa shape index (κ1) is 36.5. The van der Waals surface area contributed by atoms with Crippen molar-refractivity contribution in [3.05, 3.63) is 163 Å². The zero-order valence-electron chi connectivity index (χ0n) is 31.7. The number of nitrogens with one attached hydrogen (secondary N) is 1. The summed E-state index contributed by atoms with van der Waals surface area (Å²) in [5.74, 6) is -0.891. The van der Waals surface area contributed by atoms with Crippen molar-refractivity contribution in [2.45, 2.75) is 63.5 Å². The van der Waals surface area contributed by atoms with Crippen molar-refractivity contribution < 1.29 is 33.3 Å². The number of aromatic nitrogens is 2. The lowest BCUT2D eigenvalue weighted by Gasteiger charge is -2.36. The van der Waals surface area contributed by atoms with Crippen LogP contribution in [0.3, 0.4) is 0 Å². The van der Waals surface area contributed by atoms with Gasteiger partial charge in [0.1, 0.15) is 30.4 Å². The van der Waals surface area contributed by atoms with E-state index < -0.39 is 34.6 Å². The van der Waals surface area contributed by atoms with Crippen LogP contribution in [0.15, 0.2) is 102 Å². The second-order valence-corrected chi connectivity index (χ2v) is 14.9. The van der Waals surface area contributed by atoms with Gasteiger partial charge < -0.3 is 29.2 Å². The van der Waals surface area contributed by atoms with E-state index in [1.807, 2.05) is 84.9 Å². The molecule has 0 saturated carbocycles. The maximum atomic E-state index is 15.5. The number of fused-ring (bicyclic) bond motifs is 5. The van der Waals surface area contributed by atoms with Gasteiger partial charge in [-0.2, -0.15) is 0 Å². The molecule has 6 aromatic rings. The van der Waals surface area contributed by atoms with Crippen molar-refractivity contribution in [3.63, 3.8) is 0 Å². The van der Waals surface area contributed by atoms with Gasteiger partial charge in [0.2, 0.25) is 5.91 Å². The van der Waals surface area contributed by atoms with Crippen molar-refractivity contribution in [1.82, 2.24) is 14.9 Å². The topological polar surface area (TPSA) is 129 Å². The van der Waals surface area contributed by atoms with E-state index in [9.17, 15) is 19.5 Å². The third kappa shape index (κ3) is 5.59. The van der Waals surface area contributed by atoms with Crippen molar-refractivity contribution in [2.24, 2.45) is 0 Å². The van der Waals surface area contributed by atoms with E-state index in [4.69, 9.17) is 19.2 Å². The van der Waals surface area contributed by atoms with Crippen molar-refractivity contribution in [2.75, 3.05) is 13.7 Å². The summed E-state index contributed by atoms with van der Waals surface area (Å²) in [4.78, 5) is 46.1. The number of methoxy groups -OCH3 is 1. The van der Waals surface area contributed by atoms with Crippen LogP contribution in [-0.4, -0.2) is 40.3 Å². The molecule has 0 spiro atoms. The molecule has 2 N–H and O–H groups in total. The largest absolute Gasteiger partial charge is 0.497 e. The van der Waals surface area contributed by atoms with Crippen molar-refractivity contribution >= 4 is 22.8 Å². The Labute approximate surface area is 327 Å². The Balaban J connectivity index is 1.13. The minimum Gasteiger partial charge on any atom is -0.497 e. The summed E-state index contributed by atoms with van der Waals surface area (Å²) >= 11 is 0. The van der Waals surface area contributed by atoms with Gasteiger partial charge in [0.15, 0.2) is 5.60 Å². The summed E-state index contributed by atoms with van der Waals surface area (Å²) in [5, 5.41) is 15.4. The Bertz CT molecular complexity index is 2620. The molecular formula is C46H40FN3O7. The average molecular weight is 766 g/mol. The number of aliphatic hydroxyl groups is 1. The molecule has 9 rings (SSSR count). The van der Waals surface area contributed by atoms with Gasteiger partial charge in [-0.25, -0.2) is 14.2 Å². The zero-order chi connectivity index (χ0) is 39.6. The number of pyridine rings is 2. The molecule has 4 heterocycles. The Morgan fingerprint density at radius 2 is 1.65 bits per heavy atom. The van der Waals surface area contributed by atoms with E-state index in [0.29, 0.717) is 46.6 Å². The number of carbonyl (C=O) groups excluding carboxylic acids is 2. The van der Waals surface area contributed by atoms with Crippen LogP contribution < -0.4 is 15.6 Å². The monoisotopic (exact) mass is 765 g/mol. The molecule has 1 aliphatic carbocycles. The van der Waals surface area contributed by atoms with Crippen molar-refractivity contribution in [3.8, 4) is 17.1 Å². The van der Waals surface area contributed by atoms with Crippen LogP contribution >= 0.6 is 0 Å². The molecule has 3 aliphatic rings. The summed E-state index contributed by atoms with van der Waals surface area (Å²) in [7, 11) is 1.61. The van der Waals surface area contributed by atoms with E-state index in [1.165, 1.54) is 6.07 Å². The van der Waals surface area contributed by atoms with Gasteiger partial charge >= 0.3 is 5.97 Å². The molecule has 0 saturated heterocycles. The fourth-order valence-electron chi connectivity index (χ4n) is 9.03. The predicted octanol–water partition coefficient (Wildman–Crippen LogP) is 6.65. The molecule has 1 amide bonds. The van der Waals surface area contributed by atoms with Crippen LogP contribution in [0.2, 0.25) is 0 Å². The predicted molar refractivity (Wildman–Crippen MR) is 210 cm³/mol. The van der Waals surface area contributed by atoms with Crippen LogP contribution in [0.25, 0.3) is 22.3 Å². The second-order valence-electron chi connectivity index (χ2n) is 14.9. The number of ether oxygens (including phenoxy) is 3.